The molecule has 0 saturated heterocycles. The number of aliphatic hydroxyl groups excluding tert-OH is 1. The lowest BCUT2D eigenvalue weighted by atomic mass is 9.82. The molecule has 1 aromatic heterocycles. The Morgan fingerprint density at radius 3 is 2.48 bits per heavy atom. The monoisotopic (exact) mass is 285 g/mol. The summed E-state index contributed by atoms with van der Waals surface area (Å²) in [5.74, 6) is 1.33. The number of benzene rings is 1. The molecule has 1 heterocycles. The second-order valence-electron chi connectivity index (χ2n) is 5.90. The van der Waals surface area contributed by atoms with Crippen LogP contribution in [0, 0.1) is 0 Å². The zero-order valence-electron chi connectivity index (χ0n) is 12.2. The molecule has 0 spiro atoms. The van der Waals surface area contributed by atoms with E-state index in [9.17, 15) is 5.11 Å². The normalized spacial score (nSPS) is 23.9. The Morgan fingerprint density at radius 2 is 1.81 bits per heavy atom. The Labute approximate surface area is 126 Å². The molecule has 3 nitrogen and oxygen atoms in total. The van der Waals surface area contributed by atoms with Crippen molar-refractivity contribution in [3.05, 3.63) is 60.1 Å². The lowest BCUT2D eigenvalue weighted by Gasteiger charge is -2.30. The van der Waals surface area contributed by atoms with Gasteiger partial charge in [0.1, 0.15) is 11.9 Å². The van der Waals surface area contributed by atoms with Crippen LogP contribution in [0.1, 0.15) is 49.0 Å². The predicted octanol–water partition coefficient (Wildman–Crippen LogP) is 3.63. The van der Waals surface area contributed by atoms with Gasteiger partial charge >= 0.3 is 0 Å². The number of aliphatic hydroxyl groups is 1. The Balaban J connectivity index is 1.44. The molecule has 1 aliphatic rings. The van der Waals surface area contributed by atoms with Crippen molar-refractivity contribution in [3.63, 3.8) is 0 Å². The van der Waals surface area contributed by atoms with E-state index in [2.05, 4.69) is 35.6 Å². The lowest BCUT2D eigenvalue weighted by molar-refractivity contribution is 0.139. The SMILES string of the molecule is OC(CNC1CCC(c2ccccc2)CC1)c1ccco1. The molecule has 1 unspecified atom stereocenters. The van der Waals surface area contributed by atoms with E-state index in [4.69, 9.17) is 4.42 Å². The average Bonchev–Trinajstić information content (AvgIpc) is 3.08. The van der Waals surface area contributed by atoms with Crippen LogP contribution < -0.4 is 5.32 Å². The molecule has 0 bridgehead atoms. The molecule has 2 N–H and O–H groups in total. The van der Waals surface area contributed by atoms with Gasteiger partial charge in [0.05, 0.1) is 6.26 Å². The number of hydrogen-bond acceptors (Lipinski definition) is 3. The Kier molecular flexibility index (Phi) is 4.73. The number of rotatable bonds is 5. The zero-order valence-corrected chi connectivity index (χ0v) is 12.2. The molecule has 1 fully saturated rings. The van der Waals surface area contributed by atoms with Crippen LogP contribution in [-0.2, 0) is 0 Å². The van der Waals surface area contributed by atoms with Gasteiger partial charge in [-0.1, -0.05) is 30.3 Å². The zero-order chi connectivity index (χ0) is 14.5. The number of furan rings is 1. The van der Waals surface area contributed by atoms with E-state index in [-0.39, 0.29) is 0 Å². The van der Waals surface area contributed by atoms with Crippen molar-refractivity contribution in [2.45, 2.75) is 43.7 Å². The highest BCUT2D eigenvalue weighted by Gasteiger charge is 2.22. The first-order valence-electron chi connectivity index (χ1n) is 7.82. The van der Waals surface area contributed by atoms with E-state index >= 15 is 0 Å². The van der Waals surface area contributed by atoms with Crippen LogP contribution in [0.3, 0.4) is 0 Å². The van der Waals surface area contributed by atoms with Crippen LogP contribution in [-0.4, -0.2) is 17.7 Å². The summed E-state index contributed by atoms with van der Waals surface area (Å²) in [5, 5.41) is 13.5. The largest absolute Gasteiger partial charge is 0.467 e. The van der Waals surface area contributed by atoms with Crippen molar-refractivity contribution in [3.8, 4) is 0 Å². The van der Waals surface area contributed by atoms with Crippen LogP contribution >= 0.6 is 0 Å². The molecule has 1 aromatic carbocycles. The maximum atomic E-state index is 10.0. The predicted molar refractivity (Wildman–Crippen MR) is 83.1 cm³/mol. The Hall–Kier alpha value is -1.58. The molecule has 2 aromatic rings. The van der Waals surface area contributed by atoms with E-state index in [1.807, 2.05) is 12.1 Å². The minimum Gasteiger partial charge on any atom is -0.467 e. The molecule has 0 amide bonds. The highest BCUT2D eigenvalue weighted by molar-refractivity contribution is 5.20. The van der Waals surface area contributed by atoms with E-state index < -0.39 is 6.10 Å². The van der Waals surface area contributed by atoms with Gasteiger partial charge in [0.15, 0.2) is 0 Å². The number of hydrogen-bond donors (Lipinski definition) is 2. The molecule has 1 saturated carbocycles. The lowest BCUT2D eigenvalue weighted by Crippen LogP contribution is -2.35. The van der Waals surface area contributed by atoms with Gasteiger partial charge in [-0.15, -0.1) is 0 Å². The standard InChI is InChI=1S/C18H23NO2/c20-17(18-7-4-12-21-18)13-19-16-10-8-15(9-11-16)14-5-2-1-3-6-14/h1-7,12,15-17,19-20H,8-11,13H2. The number of nitrogens with one attached hydrogen (secondary N) is 1. The fourth-order valence-electron chi connectivity index (χ4n) is 3.22. The average molecular weight is 285 g/mol. The summed E-state index contributed by atoms with van der Waals surface area (Å²) in [4.78, 5) is 0. The summed E-state index contributed by atoms with van der Waals surface area (Å²) in [5.41, 5.74) is 1.46. The Bertz CT molecular complexity index is 515. The molecular weight excluding hydrogens is 262 g/mol. The minimum atomic E-state index is -0.549. The molecule has 21 heavy (non-hydrogen) atoms. The first-order chi connectivity index (χ1) is 10.3. The van der Waals surface area contributed by atoms with E-state index in [1.54, 1.807) is 6.26 Å². The summed E-state index contributed by atoms with van der Waals surface area (Å²) in [6.45, 7) is 0.564. The van der Waals surface area contributed by atoms with Crippen molar-refractivity contribution in [1.82, 2.24) is 5.32 Å². The second-order valence-corrected chi connectivity index (χ2v) is 5.90. The fraction of sp³-hybridized carbons (Fsp3) is 0.444. The quantitative estimate of drug-likeness (QED) is 0.881. The van der Waals surface area contributed by atoms with Gasteiger partial charge in [0.25, 0.3) is 0 Å². The third kappa shape index (κ3) is 3.74. The van der Waals surface area contributed by atoms with Crippen LogP contribution in [0.5, 0.6) is 0 Å². The summed E-state index contributed by atoms with van der Waals surface area (Å²) in [7, 11) is 0. The summed E-state index contributed by atoms with van der Waals surface area (Å²) < 4.78 is 5.22. The van der Waals surface area contributed by atoms with Gasteiger partial charge in [0.2, 0.25) is 0 Å². The molecule has 3 rings (SSSR count). The third-order valence-electron chi connectivity index (χ3n) is 4.47. The summed E-state index contributed by atoms with van der Waals surface area (Å²) in [6.07, 6.45) is 5.84. The highest BCUT2D eigenvalue weighted by atomic mass is 16.4. The fourth-order valence-corrected chi connectivity index (χ4v) is 3.22. The second kappa shape index (κ2) is 6.92. The van der Waals surface area contributed by atoms with E-state index in [1.165, 1.54) is 31.2 Å². The maximum Gasteiger partial charge on any atom is 0.133 e. The van der Waals surface area contributed by atoms with Crippen molar-refractivity contribution in [2.75, 3.05) is 6.54 Å². The molecule has 0 aliphatic heterocycles. The van der Waals surface area contributed by atoms with Crippen LogP contribution in [0.4, 0.5) is 0 Å². The molecule has 0 radical (unpaired) electrons. The summed E-state index contributed by atoms with van der Waals surface area (Å²) in [6, 6.07) is 14.9. The van der Waals surface area contributed by atoms with Gasteiger partial charge in [0, 0.05) is 12.6 Å². The third-order valence-corrected chi connectivity index (χ3v) is 4.47. The van der Waals surface area contributed by atoms with Gasteiger partial charge < -0.3 is 14.8 Å². The summed E-state index contributed by atoms with van der Waals surface area (Å²) >= 11 is 0. The molecule has 112 valence electrons. The van der Waals surface area contributed by atoms with Crippen LogP contribution in [0.2, 0.25) is 0 Å². The molecule has 1 aliphatic carbocycles. The first kappa shape index (κ1) is 14.4. The van der Waals surface area contributed by atoms with Crippen molar-refractivity contribution in [1.29, 1.82) is 0 Å². The molecule has 3 heteroatoms. The highest BCUT2D eigenvalue weighted by Crippen LogP contribution is 2.32. The first-order valence-corrected chi connectivity index (χ1v) is 7.82. The molecular formula is C18H23NO2. The van der Waals surface area contributed by atoms with E-state index in [0.717, 1.165) is 0 Å². The van der Waals surface area contributed by atoms with Crippen LogP contribution in [0.25, 0.3) is 0 Å². The van der Waals surface area contributed by atoms with Gasteiger partial charge in [-0.25, -0.2) is 0 Å². The van der Waals surface area contributed by atoms with Crippen LogP contribution in [0.15, 0.2) is 53.1 Å². The van der Waals surface area contributed by atoms with Gasteiger partial charge in [-0.2, -0.15) is 0 Å². The van der Waals surface area contributed by atoms with Crippen molar-refractivity contribution >= 4 is 0 Å². The minimum absolute atomic E-state index is 0.509. The van der Waals surface area contributed by atoms with Crippen molar-refractivity contribution in [2.24, 2.45) is 0 Å². The Morgan fingerprint density at radius 1 is 1.05 bits per heavy atom. The smallest absolute Gasteiger partial charge is 0.133 e. The van der Waals surface area contributed by atoms with Crippen molar-refractivity contribution < 1.29 is 9.52 Å². The van der Waals surface area contributed by atoms with E-state index in [0.29, 0.717) is 24.3 Å². The topological polar surface area (TPSA) is 45.4 Å². The maximum absolute atomic E-state index is 10.0. The van der Waals surface area contributed by atoms with Gasteiger partial charge in [-0.3, -0.25) is 0 Å². The molecule has 1 atom stereocenters. The van der Waals surface area contributed by atoms with Gasteiger partial charge in [-0.05, 0) is 49.3 Å².